The van der Waals surface area contributed by atoms with Gasteiger partial charge in [0.1, 0.15) is 28.1 Å². The molecule has 0 atom stereocenters. The van der Waals surface area contributed by atoms with E-state index in [-0.39, 0.29) is 44.4 Å². The molecule has 4 aromatic rings. The lowest BCUT2D eigenvalue weighted by atomic mass is 10.1. The Morgan fingerprint density at radius 1 is 1.13 bits per heavy atom. The molecule has 2 aromatic heterocycles. The molecule has 0 spiro atoms. The second-order valence-corrected chi connectivity index (χ2v) is 8.46. The summed E-state index contributed by atoms with van der Waals surface area (Å²) in [5.74, 6) is -2.83. The zero-order valence-electron chi connectivity index (χ0n) is 19.6. The molecule has 0 saturated heterocycles. The molecule has 6 N–H and O–H groups in total. The number of imide groups is 1. The number of methoxy groups -OCH3 is 1. The first-order valence-corrected chi connectivity index (χ1v) is 11.3. The highest BCUT2D eigenvalue weighted by molar-refractivity contribution is 7.19. The Labute approximate surface area is 216 Å². The summed E-state index contributed by atoms with van der Waals surface area (Å²) >= 11 is 0.863. The number of aromatic nitrogens is 3. The number of amides is 5. The second-order valence-electron chi connectivity index (χ2n) is 7.49. The van der Waals surface area contributed by atoms with Crippen molar-refractivity contribution in [2.75, 3.05) is 30.1 Å². The average Bonchev–Trinajstić information content (AvgIpc) is 3.51. The Kier molecular flexibility index (Phi) is 7.15. The minimum atomic E-state index is -1.06. The number of carbonyl (C=O) groups is 3. The van der Waals surface area contributed by atoms with Gasteiger partial charge in [-0.3, -0.25) is 15.0 Å². The maximum absolute atomic E-state index is 14.7. The number of carbonyl (C=O) groups excluding carboxylic acids is 3. The number of nitrogens with one attached hydrogen (secondary N) is 2. The highest BCUT2D eigenvalue weighted by atomic mass is 32.1. The lowest BCUT2D eigenvalue weighted by Crippen LogP contribution is -2.43. The number of anilines is 3. The molecule has 13 nitrogen and oxygen atoms in total. The lowest BCUT2D eigenvalue weighted by molar-refractivity contribution is 0.102. The second kappa shape index (κ2) is 10.5. The number of nitrogens with two attached hydrogens (primary N) is 2. The molecule has 0 aliphatic carbocycles. The van der Waals surface area contributed by atoms with E-state index in [2.05, 4.69) is 20.4 Å². The molecule has 0 bridgehead atoms. The zero-order valence-corrected chi connectivity index (χ0v) is 20.4. The Balaban J connectivity index is 1.61. The van der Waals surface area contributed by atoms with Crippen LogP contribution in [0.1, 0.15) is 10.4 Å². The normalized spacial score (nSPS) is 10.6. The fourth-order valence-corrected chi connectivity index (χ4v) is 3.96. The summed E-state index contributed by atoms with van der Waals surface area (Å²) in [5.41, 5.74) is 10.4. The van der Waals surface area contributed by atoms with Crippen LogP contribution in [-0.2, 0) is 0 Å². The molecular formula is C22H18F2N8O5S. The first kappa shape index (κ1) is 26.0. The quantitative estimate of drug-likeness (QED) is 0.282. The molecule has 38 heavy (non-hydrogen) atoms. The van der Waals surface area contributed by atoms with Gasteiger partial charge in [-0.1, -0.05) is 22.6 Å². The monoisotopic (exact) mass is 544 g/mol. The van der Waals surface area contributed by atoms with Crippen molar-refractivity contribution in [1.82, 2.24) is 20.4 Å². The SMILES string of the molecule is COc1cccc(C(=O)Nc2cc(-c3noc(-c4sc(N(C)C(=O)NC(N)=O)nc4N)n3)c(F)cc2F)c1. The third-order valence-corrected chi connectivity index (χ3v) is 6.10. The van der Waals surface area contributed by atoms with Crippen molar-refractivity contribution in [3.05, 3.63) is 53.6 Å². The van der Waals surface area contributed by atoms with E-state index in [9.17, 15) is 23.2 Å². The summed E-state index contributed by atoms with van der Waals surface area (Å²) < 4.78 is 39.4. The van der Waals surface area contributed by atoms with Gasteiger partial charge in [0.15, 0.2) is 5.13 Å². The predicted octanol–water partition coefficient (Wildman–Crippen LogP) is 3.21. The van der Waals surface area contributed by atoms with Crippen molar-refractivity contribution < 1.29 is 32.4 Å². The minimum absolute atomic E-state index is 0.0616. The zero-order chi connectivity index (χ0) is 27.6. The number of primary amides is 1. The summed E-state index contributed by atoms with van der Waals surface area (Å²) in [6.45, 7) is 0. The van der Waals surface area contributed by atoms with E-state index in [0.717, 1.165) is 22.3 Å². The average molecular weight is 545 g/mol. The van der Waals surface area contributed by atoms with Crippen LogP contribution in [0.5, 0.6) is 5.75 Å². The number of rotatable bonds is 6. The molecule has 2 heterocycles. The minimum Gasteiger partial charge on any atom is -0.497 e. The lowest BCUT2D eigenvalue weighted by Gasteiger charge is -2.12. The van der Waals surface area contributed by atoms with Crippen LogP contribution in [0.25, 0.3) is 22.2 Å². The van der Waals surface area contributed by atoms with Crippen molar-refractivity contribution in [3.63, 3.8) is 0 Å². The molecule has 0 aliphatic rings. The largest absolute Gasteiger partial charge is 0.497 e. The Morgan fingerprint density at radius 2 is 1.89 bits per heavy atom. The molecule has 16 heteroatoms. The Bertz CT molecular complexity index is 1560. The molecule has 0 fully saturated rings. The molecule has 196 valence electrons. The van der Waals surface area contributed by atoms with Crippen molar-refractivity contribution >= 4 is 45.9 Å². The van der Waals surface area contributed by atoms with E-state index in [1.165, 1.54) is 26.3 Å². The molecule has 0 aliphatic heterocycles. The van der Waals surface area contributed by atoms with Crippen LogP contribution in [0.3, 0.4) is 0 Å². The predicted molar refractivity (Wildman–Crippen MR) is 133 cm³/mol. The number of hydrogen-bond donors (Lipinski definition) is 4. The van der Waals surface area contributed by atoms with Gasteiger partial charge in [-0.25, -0.2) is 23.4 Å². The van der Waals surface area contributed by atoms with Crippen LogP contribution in [0.4, 0.5) is 35.0 Å². The van der Waals surface area contributed by atoms with Crippen molar-refractivity contribution in [2.45, 2.75) is 0 Å². The summed E-state index contributed by atoms with van der Waals surface area (Å²) in [5, 5.41) is 8.03. The molecule has 4 rings (SSSR count). The summed E-state index contributed by atoms with van der Waals surface area (Å²) in [6.07, 6.45) is 0. The number of nitrogens with zero attached hydrogens (tertiary/aromatic N) is 4. The van der Waals surface area contributed by atoms with E-state index in [1.54, 1.807) is 12.1 Å². The van der Waals surface area contributed by atoms with Crippen LogP contribution < -0.4 is 31.7 Å². The molecule has 0 unspecified atom stereocenters. The molecule has 0 radical (unpaired) electrons. The number of urea groups is 2. The van der Waals surface area contributed by atoms with E-state index in [1.807, 2.05) is 5.32 Å². The fourth-order valence-electron chi connectivity index (χ4n) is 3.09. The van der Waals surface area contributed by atoms with E-state index >= 15 is 0 Å². The molecule has 2 aromatic carbocycles. The van der Waals surface area contributed by atoms with Gasteiger partial charge >= 0.3 is 12.1 Å². The van der Waals surface area contributed by atoms with Crippen molar-refractivity contribution in [1.29, 1.82) is 0 Å². The third-order valence-electron chi connectivity index (χ3n) is 4.96. The molecule has 5 amide bonds. The van der Waals surface area contributed by atoms with Gasteiger partial charge in [0.2, 0.25) is 5.82 Å². The highest BCUT2D eigenvalue weighted by Gasteiger charge is 2.24. The first-order valence-electron chi connectivity index (χ1n) is 10.5. The summed E-state index contributed by atoms with van der Waals surface area (Å²) in [4.78, 5) is 44.7. The van der Waals surface area contributed by atoms with Gasteiger partial charge in [0.05, 0.1) is 18.4 Å². The maximum Gasteiger partial charge on any atom is 0.331 e. The van der Waals surface area contributed by atoms with Gasteiger partial charge in [-0.05, 0) is 24.3 Å². The number of thiazole rings is 1. The number of hydrogen-bond acceptors (Lipinski definition) is 10. The number of halogens is 2. The highest BCUT2D eigenvalue weighted by Crippen LogP contribution is 2.37. The Morgan fingerprint density at radius 3 is 2.61 bits per heavy atom. The van der Waals surface area contributed by atoms with Crippen LogP contribution >= 0.6 is 11.3 Å². The van der Waals surface area contributed by atoms with Crippen LogP contribution in [0, 0.1) is 11.6 Å². The van der Waals surface area contributed by atoms with Gasteiger partial charge in [-0.15, -0.1) is 0 Å². The fraction of sp³-hybridized carbons (Fsp3) is 0.0909. The van der Waals surface area contributed by atoms with Gasteiger partial charge in [-0.2, -0.15) is 4.98 Å². The van der Waals surface area contributed by atoms with Crippen molar-refractivity contribution in [2.24, 2.45) is 5.73 Å². The van der Waals surface area contributed by atoms with Crippen molar-refractivity contribution in [3.8, 4) is 27.9 Å². The molecular weight excluding hydrogens is 526 g/mol. The first-order chi connectivity index (χ1) is 18.1. The molecule has 0 saturated carbocycles. The maximum atomic E-state index is 14.7. The Hall–Kier alpha value is -5.12. The van der Waals surface area contributed by atoms with Crippen LogP contribution in [0.2, 0.25) is 0 Å². The topological polar surface area (TPSA) is 192 Å². The van der Waals surface area contributed by atoms with Gasteiger partial charge in [0.25, 0.3) is 11.8 Å². The van der Waals surface area contributed by atoms with E-state index < -0.39 is 29.6 Å². The van der Waals surface area contributed by atoms with Crippen LogP contribution in [0.15, 0.2) is 40.9 Å². The third kappa shape index (κ3) is 5.34. The number of nitrogen functional groups attached to an aromatic ring is 1. The van der Waals surface area contributed by atoms with E-state index in [0.29, 0.717) is 11.8 Å². The van der Waals surface area contributed by atoms with Crippen LogP contribution in [-0.4, -0.2) is 47.3 Å². The van der Waals surface area contributed by atoms with Gasteiger partial charge in [0, 0.05) is 18.7 Å². The number of benzene rings is 2. The summed E-state index contributed by atoms with van der Waals surface area (Å²) in [7, 11) is 2.75. The number of ether oxygens (including phenoxy) is 1. The van der Waals surface area contributed by atoms with E-state index in [4.69, 9.17) is 20.7 Å². The van der Waals surface area contributed by atoms with Gasteiger partial charge < -0.3 is 26.0 Å². The summed E-state index contributed by atoms with van der Waals surface area (Å²) in [6, 6.07) is 5.82. The standard InChI is InChI=1S/C22H18F2N8O5S/c1-32(21(35)30-20(26)34)22-28-16(25)15(38-22)19-29-17(31-37-19)11-7-14(13(24)8-12(11)23)27-18(33)9-4-3-5-10(6-9)36-2/h3-8H,25H2,1-2H3,(H,27,33)(H3,26,30,34,35). The smallest absolute Gasteiger partial charge is 0.331 e.